The molecule has 0 fully saturated rings. The van der Waals surface area contributed by atoms with Crippen LogP contribution < -0.4 is 5.73 Å². The zero-order valence-corrected chi connectivity index (χ0v) is 6.34. The Labute approximate surface area is 69.2 Å². The molecule has 0 saturated heterocycles. The van der Waals surface area contributed by atoms with Gasteiger partial charge in [0.2, 0.25) is 5.91 Å². The number of nitrogens with two attached hydrogens (primary N) is 1. The highest BCUT2D eigenvalue weighted by Gasteiger charge is 1.92. The van der Waals surface area contributed by atoms with Crippen molar-refractivity contribution in [3.63, 3.8) is 0 Å². The predicted octanol–water partition coefficient (Wildman–Crippen LogP) is -0.123. The lowest BCUT2D eigenvalue weighted by Gasteiger charge is -1.82. The molecule has 0 bridgehead atoms. The molecule has 2 N–H and O–H groups in total. The number of aromatic nitrogens is 3. The van der Waals surface area contributed by atoms with E-state index < -0.39 is 5.91 Å². The lowest BCUT2D eigenvalue weighted by Crippen LogP contribution is -2.05. The summed E-state index contributed by atoms with van der Waals surface area (Å²) in [6.07, 6.45) is 5.60. The van der Waals surface area contributed by atoms with E-state index in [1.54, 1.807) is 0 Å². The Morgan fingerprint density at radius 1 is 1.75 bits per heavy atom. The van der Waals surface area contributed by atoms with E-state index in [4.69, 9.17) is 5.73 Å². The minimum Gasteiger partial charge on any atom is -0.366 e. The fourth-order valence-electron chi connectivity index (χ4n) is 0.609. The Morgan fingerprint density at radius 2 is 2.50 bits per heavy atom. The fraction of sp³-hybridized carbons (Fsp3) is 0. The number of hydrogen-bond acceptors (Lipinski definition) is 3. The van der Waals surface area contributed by atoms with Gasteiger partial charge in [0.15, 0.2) is 5.82 Å². The van der Waals surface area contributed by atoms with Crippen LogP contribution in [0, 0.1) is 0 Å². The van der Waals surface area contributed by atoms with Crippen molar-refractivity contribution in [3.05, 3.63) is 24.8 Å². The maximum absolute atomic E-state index is 10.3. The van der Waals surface area contributed by atoms with Crippen molar-refractivity contribution in [3.8, 4) is 0 Å². The molecule has 0 atom stereocenters. The van der Waals surface area contributed by atoms with Crippen LogP contribution in [0.25, 0.3) is 12.3 Å². The summed E-state index contributed by atoms with van der Waals surface area (Å²) in [5, 5.41) is 3.89. The minimum atomic E-state index is -0.523. The summed E-state index contributed by atoms with van der Waals surface area (Å²) in [5.74, 6) is -0.0985. The van der Waals surface area contributed by atoms with Gasteiger partial charge in [-0.05, 0) is 6.08 Å². The van der Waals surface area contributed by atoms with Crippen LogP contribution in [0.2, 0.25) is 0 Å². The van der Waals surface area contributed by atoms with E-state index in [0.717, 1.165) is 0 Å². The summed E-state index contributed by atoms with van der Waals surface area (Å²) >= 11 is 0. The molecule has 1 amide bonds. The first-order valence-electron chi connectivity index (χ1n) is 3.23. The smallest absolute Gasteiger partial charge is 0.241 e. The van der Waals surface area contributed by atoms with E-state index in [9.17, 15) is 4.79 Å². The molecule has 0 saturated carbocycles. The molecule has 0 spiro atoms. The summed E-state index contributed by atoms with van der Waals surface area (Å²) in [7, 11) is 0. The molecule has 5 heteroatoms. The number of carbonyl (C=O) groups is 1. The third kappa shape index (κ3) is 2.05. The third-order valence-electron chi connectivity index (χ3n) is 1.11. The molecule has 1 aromatic rings. The van der Waals surface area contributed by atoms with E-state index in [0.29, 0.717) is 5.82 Å². The van der Waals surface area contributed by atoms with Gasteiger partial charge in [-0.2, -0.15) is 0 Å². The Morgan fingerprint density at radius 3 is 3.00 bits per heavy atom. The molecular weight excluding hydrogens is 156 g/mol. The van der Waals surface area contributed by atoms with Crippen molar-refractivity contribution in [1.82, 2.24) is 14.8 Å². The van der Waals surface area contributed by atoms with E-state index in [1.807, 2.05) is 0 Å². The summed E-state index contributed by atoms with van der Waals surface area (Å²) in [6.45, 7) is 3.48. The van der Waals surface area contributed by atoms with Crippen LogP contribution in [0.5, 0.6) is 0 Å². The van der Waals surface area contributed by atoms with Gasteiger partial charge >= 0.3 is 0 Å². The predicted molar refractivity (Wildman–Crippen MR) is 44.6 cm³/mol. The average Bonchev–Trinajstić information content (AvgIpc) is 2.48. The molecule has 0 aromatic carbocycles. The van der Waals surface area contributed by atoms with Crippen molar-refractivity contribution >= 4 is 18.2 Å². The highest BCUT2D eigenvalue weighted by molar-refractivity contribution is 5.89. The summed E-state index contributed by atoms with van der Waals surface area (Å²) in [5.41, 5.74) is 4.87. The molecule has 1 aromatic heterocycles. The summed E-state index contributed by atoms with van der Waals surface area (Å²) in [6, 6.07) is 0. The second kappa shape index (κ2) is 3.47. The summed E-state index contributed by atoms with van der Waals surface area (Å²) < 4.78 is 1.43. The fourth-order valence-corrected chi connectivity index (χ4v) is 0.609. The first-order chi connectivity index (χ1) is 5.72. The standard InChI is InChI=1S/C7H8N4O/c1-2-11-5-9-7(10-11)4-3-6(8)12/h2-5H,1H2,(H2,8,12). The van der Waals surface area contributed by atoms with Crippen LogP contribution in [0.4, 0.5) is 0 Å². The largest absolute Gasteiger partial charge is 0.366 e. The highest BCUT2D eigenvalue weighted by Crippen LogP contribution is 1.92. The monoisotopic (exact) mass is 164 g/mol. The molecule has 0 radical (unpaired) electrons. The molecule has 1 heterocycles. The molecule has 5 nitrogen and oxygen atoms in total. The average molecular weight is 164 g/mol. The number of rotatable bonds is 3. The van der Waals surface area contributed by atoms with E-state index in [1.165, 1.54) is 29.4 Å². The van der Waals surface area contributed by atoms with Crippen molar-refractivity contribution in [2.75, 3.05) is 0 Å². The van der Waals surface area contributed by atoms with Gasteiger partial charge in [-0.25, -0.2) is 9.67 Å². The van der Waals surface area contributed by atoms with Crippen LogP contribution >= 0.6 is 0 Å². The van der Waals surface area contributed by atoms with Gasteiger partial charge in [0.05, 0.1) is 0 Å². The third-order valence-corrected chi connectivity index (χ3v) is 1.11. The second-order valence-electron chi connectivity index (χ2n) is 2.00. The SMILES string of the molecule is C=Cn1cnc(C=CC(N)=O)n1. The molecule has 0 unspecified atom stereocenters. The Bertz CT molecular complexity index is 326. The first-order valence-corrected chi connectivity index (χ1v) is 3.23. The van der Waals surface area contributed by atoms with Crippen LogP contribution in [-0.2, 0) is 4.79 Å². The topological polar surface area (TPSA) is 73.8 Å². The van der Waals surface area contributed by atoms with Gasteiger partial charge in [-0.15, -0.1) is 5.10 Å². The number of nitrogens with zero attached hydrogens (tertiary/aromatic N) is 3. The van der Waals surface area contributed by atoms with Gasteiger partial charge in [0, 0.05) is 12.3 Å². The highest BCUT2D eigenvalue weighted by atomic mass is 16.1. The van der Waals surface area contributed by atoms with Crippen LogP contribution in [0.3, 0.4) is 0 Å². The van der Waals surface area contributed by atoms with Crippen molar-refractivity contribution in [1.29, 1.82) is 0 Å². The molecular formula is C7H8N4O. The van der Waals surface area contributed by atoms with E-state index in [-0.39, 0.29) is 0 Å². The maximum Gasteiger partial charge on any atom is 0.241 e. The number of amides is 1. The van der Waals surface area contributed by atoms with Gasteiger partial charge in [-0.3, -0.25) is 4.79 Å². The lowest BCUT2D eigenvalue weighted by molar-refractivity contribution is -0.113. The Kier molecular flexibility index (Phi) is 2.37. The molecule has 1 rings (SSSR count). The first kappa shape index (κ1) is 8.19. The lowest BCUT2D eigenvalue weighted by atomic mass is 10.5. The van der Waals surface area contributed by atoms with Gasteiger partial charge in [0.25, 0.3) is 0 Å². The second-order valence-corrected chi connectivity index (χ2v) is 2.00. The summed E-state index contributed by atoms with van der Waals surface area (Å²) in [4.78, 5) is 14.1. The van der Waals surface area contributed by atoms with Gasteiger partial charge in [0.1, 0.15) is 6.33 Å². The molecule has 0 aliphatic rings. The Hall–Kier alpha value is -1.91. The zero-order valence-electron chi connectivity index (χ0n) is 6.34. The molecule has 0 aliphatic carbocycles. The molecule has 0 aliphatic heterocycles. The van der Waals surface area contributed by atoms with E-state index >= 15 is 0 Å². The normalized spacial score (nSPS) is 10.3. The van der Waals surface area contributed by atoms with Crippen LogP contribution in [-0.4, -0.2) is 20.7 Å². The van der Waals surface area contributed by atoms with E-state index in [2.05, 4.69) is 16.7 Å². The zero-order chi connectivity index (χ0) is 8.97. The Balaban J connectivity index is 2.76. The maximum atomic E-state index is 10.3. The van der Waals surface area contributed by atoms with Crippen molar-refractivity contribution in [2.45, 2.75) is 0 Å². The van der Waals surface area contributed by atoms with Gasteiger partial charge < -0.3 is 5.73 Å². The molecule has 62 valence electrons. The van der Waals surface area contributed by atoms with Crippen LogP contribution in [0.15, 0.2) is 19.0 Å². The van der Waals surface area contributed by atoms with Gasteiger partial charge in [-0.1, -0.05) is 6.58 Å². The number of primary amides is 1. The van der Waals surface area contributed by atoms with Crippen molar-refractivity contribution < 1.29 is 4.79 Å². The quantitative estimate of drug-likeness (QED) is 0.633. The number of hydrogen-bond donors (Lipinski definition) is 1. The van der Waals surface area contributed by atoms with Crippen molar-refractivity contribution in [2.24, 2.45) is 5.73 Å². The number of carbonyl (C=O) groups excluding carboxylic acids is 1. The minimum absolute atomic E-state index is 0.425. The molecule has 12 heavy (non-hydrogen) atoms. The van der Waals surface area contributed by atoms with Crippen LogP contribution in [0.1, 0.15) is 5.82 Å².